The van der Waals surface area contributed by atoms with Gasteiger partial charge in [0.1, 0.15) is 15.6 Å². The molecule has 20 heavy (non-hydrogen) atoms. The minimum atomic E-state index is -2.88. The van der Waals surface area contributed by atoms with Gasteiger partial charge in [0, 0.05) is 25.4 Å². The molecule has 0 aromatic heterocycles. The average molecular weight is 297 g/mol. The van der Waals surface area contributed by atoms with E-state index in [2.05, 4.69) is 24.0 Å². The first-order valence-electron chi connectivity index (χ1n) is 6.95. The molecule has 0 unspecified atom stereocenters. The number of hydrogen-bond donors (Lipinski definition) is 0. The Morgan fingerprint density at radius 1 is 1.30 bits per heavy atom. The van der Waals surface area contributed by atoms with E-state index in [-0.39, 0.29) is 5.75 Å². The summed E-state index contributed by atoms with van der Waals surface area (Å²) in [5.74, 6) is 1.59. The number of ether oxygens (including phenoxy) is 1. The van der Waals surface area contributed by atoms with Crippen LogP contribution in [0.1, 0.15) is 24.8 Å². The number of nitrogens with zero attached hydrogens (tertiary/aromatic N) is 1. The fourth-order valence-corrected chi connectivity index (χ4v) is 3.38. The van der Waals surface area contributed by atoms with Crippen LogP contribution in [0.5, 0.6) is 5.75 Å². The fourth-order valence-electron chi connectivity index (χ4n) is 2.81. The molecule has 0 amide bonds. The number of rotatable bonds is 5. The Morgan fingerprint density at radius 3 is 2.50 bits per heavy atom. The summed E-state index contributed by atoms with van der Waals surface area (Å²) in [5, 5.41) is 0. The molecule has 1 aliphatic heterocycles. The topological polar surface area (TPSA) is 46.6 Å². The van der Waals surface area contributed by atoms with Crippen LogP contribution in [0.25, 0.3) is 0 Å². The van der Waals surface area contributed by atoms with Crippen molar-refractivity contribution in [2.75, 3.05) is 32.2 Å². The van der Waals surface area contributed by atoms with Gasteiger partial charge in [-0.3, -0.25) is 4.90 Å². The number of likely N-dealkylation sites (tertiary alicyclic amines) is 1. The highest BCUT2D eigenvalue weighted by atomic mass is 32.2. The second-order valence-corrected chi connectivity index (χ2v) is 7.94. The molecule has 1 fully saturated rings. The number of sulfone groups is 1. The first kappa shape index (κ1) is 15.3. The van der Waals surface area contributed by atoms with Gasteiger partial charge in [-0.2, -0.15) is 0 Å². The van der Waals surface area contributed by atoms with Crippen LogP contribution in [0.15, 0.2) is 24.3 Å². The summed E-state index contributed by atoms with van der Waals surface area (Å²) >= 11 is 0. The Hall–Kier alpha value is -1.07. The van der Waals surface area contributed by atoms with Gasteiger partial charge >= 0.3 is 0 Å². The summed E-state index contributed by atoms with van der Waals surface area (Å²) in [6.07, 6.45) is 2.38. The van der Waals surface area contributed by atoms with Crippen LogP contribution in [-0.2, 0) is 9.84 Å². The predicted molar refractivity (Wildman–Crippen MR) is 81.1 cm³/mol. The van der Waals surface area contributed by atoms with E-state index < -0.39 is 9.84 Å². The monoisotopic (exact) mass is 297 g/mol. The number of hydrogen-bond acceptors (Lipinski definition) is 4. The van der Waals surface area contributed by atoms with E-state index in [1.165, 1.54) is 11.8 Å². The van der Waals surface area contributed by atoms with Crippen LogP contribution in [0.2, 0.25) is 0 Å². The molecular weight excluding hydrogens is 274 g/mol. The summed E-state index contributed by atoms with van der Waals surface area (Å²) in [6.45, 7) is 3.74. The summed E-state index contributed by atoms with van der Waals surface area (Å²) in [6, 6.07) is 8.62. The number of methoxy groups -OCH3 is 1. The molecule has 1 aromatic rings. The third kappa shape index (κ3) is 3.96. The lowest BCUT2D eigenvalue weighted by molar-refractivity contribution is 0.283. The minimum Gasteiger partial charge on any atom is -0.497 e. The SMILES string of the molecule is COc1ccc([C@@H]2C[C@H](C)N(CCS(C)(=O)=O)C2)cc1. The summed E-state index contributed by atoms with van der Waals surface area (Å²) in [7, 11) is -1.22. The van der Waals surface area contributed by atoms with Crippen molar-refractivity contribution >= 4 is 9.84 Å². The van der Waals surface area contributed by atoms with Crippen molar-refractivity contribution in [3.63, 3.8) is 0 Å². The number of benzene rings is 1. The first-order valence-corrected chi connectivity index (χ1v) is 9.01. The Morgan fingerprint density at radius 2 is 1.95 bits per heavy atom. The molecule has 0 bridgehead atoms. The van der Waals surface area contributed by atoms with Gasteiger partial charge < -0.3 is 4.74 Å². The molecule has 0 aliphatic carbocycles. The van der Waals surface area contributed by atoms with Gasteiger partial charge in [0.05, 0.1) is 12.9 Å². The van der Waals surface area contributed by atoms with E-state index in [1.54, 1.807) is 7.11 Å². The van der Waals surface area contributed by atoms with E-state index in [4.69, 9.17) is 4.74 Å². The van der Waals surface area contributed by atoms with E-state index >= 15 is 0 Å². The smallest absolute Gasteiger partial charge is 0.148 e. The van der Waals surface area contributed by atoms with Crippen molar-refractivity contribution in [1.29, 1.82) is 0 Å². The zero-order valence-electron chi connectivity index (χ0n) is 12.4. The standard InChI is InChI=1S/C15H23NO3S/c1-12-10-14(11-16(12)8-9-20(3,17)18)13-4-6-15(19-2)7-5-13/h4-7,12,14H,8-11H2,1-3H3/t12-,14+/m0/s1. The molecule has 0 N–H and O–H groups in total. The van der Waals surface area contributed by atoms with Gasteiger partial charge in [-0.05, 0) is 37.0 Å². The molecular formula is C15H23NO3S. The summed E-state index contributed by atoms with van der Waals surface area (Å²) in [4.78, 5) is 2.27. The third-order valence-corrected chi connectivity index (χ3v) is 4.96. The van der Waals surface area contributed by atoms with Gasteiger partial charge in [0.15, 0.2) is 0 Å². The largest absolute Gasteiger partial charge is 0.497 e. The molecule has 1 saturated heterocycles. The molecule has 112 valence electrons. The fraction of sp³-hybridized carbons (Fsp3) is 0.600. The van der Waals surface area contributed by atoms with Crippen LogP contribution < -0.4 is 4.74 Å². The van der Waals surface area contributed by atoms with Crippen molar-refractivity contribution in [3.8, 4) is 5.75 Å². The summed E-state index contributed by atoms with van der Waals surface area (Å²) in [5.41, 5.74) is 1.31. The van der Waals surface area contributed by atoms with Gasteiger partial charge in [-0.1, -0.05) is 12.1 Å². The molecule has 0 saturated carbocycles. The quantitative estimate of drug-likeness (QED) is 0.833. The minimum absolute atomic E-state index is 0.243. The molecule has 1 aliphatic rings. The lowest BCUT2D eigenvalue weighted by Gasteiger charge is -2.20. The molecule has 1 heterocycles. The lowest BCUT2D eigenvalue weighted by Crippen LogP contribution is -2.32. The Kier molecular flexibility index (Phi) is 4.70. The molecule has 2 atom stereocenters. The normalized spacial score (nSPS) is 23.9. The zero-order chi connectivity index (χ0) is 14.8. The van der Waals surface area contributed by atoms with Crippen LogP contribution >= 0.6 is 0 Å². The second kappa shape index (κ2) is 6.14. The maximum Gasteiger partial charge on any atom is 0.148 e. The van der Waals surface area contributed by atoms with Crippen molar-refractivity contribution in [3.05, 3.63) is 29.8 Å². The van der Waals surface area contributed by atoms with Crippen LogP contribution in [0, 0.1) is 0 Å². The van der Waals surface area contributed by atoms with Crippen molar-refractivity contribution in [2.24, 2.45) is 0 Å². The van der Waals surface area contributed by atoms with Crippen LogP contribution in [0.3, 0.4) is 0 Å². The third-order valence-electron chi connectivity index (χ3n) is 4.04. The highest BCUT2D eigenvalue weighted by molar-refractivity contribution is 7.90. The van der Waals surface area contributed by atoms with E-state index in [9.17, 15) is 8.42 Å². The predicted octanol–water partition coefficient (Wildman–Crippen LogP) is 1.92. The molecule has 4 nitrogen and oxygen atoms in total. The van der Waals surface area contributed by atoms with Crippen LogP contribution in [-0.4, -0.2) is 51.6 Å². The first-order chi connectivity index (χ1) is 9.39. The molecule has 1 aromatic carbocycles. The maximum atomic E-state index is 11.3. The van der Waals surface area contributed by atoms with Crippen molar-refractivity contribution in [2.45, 2.75) is 25.3 Å². The molecule has 0 radical (unpaired) electrons. The Bertz CT molecular complexity index is 539. The van der Waals surface area contributed by atoms with E-state index in [1.807, 2.05) is 12.1 Å². The Labute approximate surface area is 121 Å². The van der Waals surface area contributed by atoms with Gasteiger partial charge in [0.2, 0.25) is 0 Å². The van der Waals surface area contributed by atoms with E-state index in [0.29, 0.717) is 18.5 Å². The molecule has 0 spiro atoms. The second-order valence-electron chi connectivity index (χ2n) is 5.68. The molecule has 5 heteroatoms. The lowest BCUT2D eigenvalue weighted by atomic mass is 9.97. The summed E-state index contributed by atoms with van der Waals surface area (Å²) < 4.78 is 27.7. The van der Waals surface area contributed by atoms with Gasteiger partial charge in [-0.15, -0.1) is 0 Å². The molecule has 2 rings (SSSR count). The van der Waals surface area contributed by atoms with Gasteiger partial charge in [0.25, 0.3) is 0 Å². The zero-order valence-corrected chi connectivity index (χ0v) is 13.2. The Balaban J connectivity index is 1.98. The highest BCUT2D eigenvalue weighted by Gasteiger charge is 2.30. The van der Waals surface area contributed by atoms with Crippen molar-refractivity contribution < 1.29 is 13.2 Å². The van der Waals surface area contributed by atoms with E-state index in [0.717, 1.165) is 18.7 Å². The average Bonchev–Trinajstić information content (AvgIpc) is 2.77. The highest BCUT2D eigenvalue weighted by Crippen LogP contribution is 2.32. The van der Waals surface area contributed by atoms with Crippen LogP contribution in [0.4, 0.5) is 0 Å². The maximum absolute atomic E-state index is 11.3. The van der Waals surface area contributed by atoms with Gasteiger partial charge in [-0.25, -0.2) is 8.42 Å². The van der Waals surface area contributed by atoms with Crippen molar-refractivity contribution in [1.82, 2.24) is 4.90 Å².